The zero-order chi connectivity index (χ0) is 19.8. The van der Waals surface area contributed by atoms with E-state index in [4.69, 9.17) is 11.6 Å². The fraction of sp³-hybridized carbons (Fsp3) is 0.333. The quantitative estimate of drug-likeness (QED) is 0.552. The van der Waals surface area contributed by atoms with Gasteiger partial charge in [-0.15, -0.1) is 12.4 Å². The molecule has 2 rings (SSSR count). The molecule has 2 amide bonds. The van der Waals surface area contributed by atoms with Crippen LogP contribution in [0.15, 0.2) is 42.5 Å². The summed E-state index contributed by atoms with van der Waals surface area (Å²) in [6.07, 6.45) is 0.419. The van der Waals surface area contributed by atoms with E-state index >= 15 is 0 Å². The molecular formula is C21H27Cl2N3O2. The van der Waals surface area contributed by atoms with Crippen molar-refractivity contribution in [3.63, 3.8) is 0 Å². The van der Waals surface area contributed by atoms with E-state index in [1.807, 2.05) is 45.0 Å². The van der Waals surface area contributed by atoms with E-state index in [0.717, 1.165) is 17.8 Å². The minimum Gasteiger partial charge on any atom is -0.326 e. The highest BCUT2D eigenvalue weighted by Crippen LogP contribution is 2.23. The average molecular weight is 424 g/mol. The summed E-state index contributed by atoms with van der Waals surface area (Å²) in [6.45, 7) is 7.48. The van der Waals surface area contributed by atoms with Crippen LogP contribution >= 0.6 is 24.0 Å². The molecule has 0 atom stereocenters. The second kappa shape index (κ2) is 11.7. The molecule has 5 nitrogen and oxygen atoms in total. The standard InChI is InChI=1S/C21H26ClN3O2.ClH/c1-4-23-13-15-7-5-6-8-19(15)25-21(27)17-12-16(9-10-18(17)22)24-20(26)11-14(2)3;/h5-10,12,14,23H,4,11,13H2,1-3H3,(H,24,26)(H,25,27);1H. The normalized spacial score (nSPS) is 10.3. The van der Waals surface area contributed by atoms with Crippen LogP contribution < -0.4 is 16.0 Å². The van der Waals surface area contributed by atoms with Crippen molar-refractivity contribution >= 4 is 47.2 Å². The predicted molar refractivity (Wildman–Crippen MR) is 119 cm³/mol. The number of carbonyl (C=O) groups excluding carboxylic acids is 2. The molecular weight excluding hydrogens is 397 g/mol. The summed E-state index contributed by atoms with van der Waals surface area (Å²) in [5, 5.41) is 9.31. The van der Waals surface area contributed by atoms with E-state index in [1.54, 1.807) is 18.2 Å². The van der Waals surface area contributed by atoms with Gasteiger partial charge >= 0.3 is 0 Å². The Hall–Kier alpha value is -2.08. The van der Waals surface area contributed by atoms with Gasteiger partial charge in [0.1, 0.15) is 0 Å². The molecule has 0 unspecified atom stereocenters. The van der Waals surface area contributed by atoms with Crippen LogP contribution in [0.4, 0.5) is 11.4 Å². The van der Waals surface area contributed by atoms with Crippen molar-refractivity contribution in [1.82, 2.24) is 5.32 Å². The van der Waals surface area contributed by atoms with Gasteiger partial charge in [0, 0.05) is 24.3 Å². The first-order valence-electron chi connectivity index (χ1n) is 9.10. The molecule has 0 aromatic heterocycles. The molecule has 152 valence electrons. The molecule has 0 fully saturated rings. The molecule has 2 aromatic rings. The minimum atomic E-state index is -0.316. The minimum absolute atomic E-state index is 0. The van der Waals surface area contributed by atoms with Crippen molar-refractivity contribution in [3.8, 4) is 0 Å². The number of carbonyl (C=O) groups is 2. The Labute approximate surface area is 177 Å². The van der Waals surface area contributed by atoms with Crippen molar-refractivity contribution in [2.75, 3.05) is 17.2 Å². The molecule has 0 radical (unpaired) electrons. The molecule has 0 saturated carbocycles. The summed E-state index contributed by atoms with van der Waals surface area (Å²) in [4.78, 5) is 24.7. The second-order valence-electron chi connectivity index (χ2n) is 6.73. The first-order valence-corrected chi connectivity index (χ1v) is 9.47. The first kappa shape index (κ1) is 24.0. The summed E-state index contributed by atoms with van der Waals surface area (Å²) < 4.78 is 0. The van der Waals surface area contributed by atoms with Gasteiger partial charge in [-0.3, -0.25) is 9.59 Å². The number of anilines is 2. The average Bonchev–Trinajstić information content (AvgIpc) is 2.61. The molecule has 0 bridgehead atoms. The van der Waals surface area contributed by atoms with Crippen molar-refractivity contribution in [3.05, 3.63) is 58.6 Å². The number of hydrogen-bond acceptors (Lipinski definition) is 3. The van der Waals surface area contributed by atoms with Gasteiger partial charge in [-0.05, 0) is 42.3 Å². The Bertz CT molecular complexity index is 810. The summed E-state index contributed by atoms with van der Waals surface area (Å²) in [5.41, 5.74) is 2.59. The lowest BCUT2D eigenvalue weighted by Gasteiger charge is -2.13. The van der Waals surface area contributed by atoms with E-state index in [9.17, 15) is 9.59 Å². The fourth-order valence-corrected chi connectivity index (χ4v) is 2.81. The smallest absolute Gasteiger partial charge is 0.257 e. The maximum atomic E-state index is 12.7. The molecule has 0 aliphatic heterocycles. The summed E-state index contributed by atoms with van der Waals surface area (Å²) in [7, 11) is 0. The molecule has 0 aliphatic carbocycles. The van der Waals surface area contributed by atoms with Crippen molar-refractivity contribution < 1.29 is 9.59 Å². The zero-order valence-corrected chi connectivity index (χ0v) is 17.9. The monoisotopic (exact) mass is 423 g/mol. The molecule has 3 N–H and O–H groups in total. The highest BCUT2D eigenvalue weighted by atomic mass is 35.5. The van der Waals surface area contributed by atoms with E-state index < -0.39 is 0 Å². The lowest BCUT2D eigenvalue weighted by atomic mass is 10.1. The number of para-hydroxylation sites is 1. The maximum absolute atomic E-state index is 12.7. The lowest BCUT2D eigenvalue weighted by molar-refractivity contribution is -0.116. The van der Waals surface area contributed by atoms with Gasteiger partial charge in [-0.2, -0.15) is 0 Å². The van der Waals surface area contributed by atoms with Crippen LogP contribution in [0.1, 0.15) is 43.1 Å². The van der Waals surface area contributed by atoms with Gasteiger partial charge in [0.15, 0.2) is 0 Å². The number of rotatable bonds is 8. The molecule has 0 spiro atoms. The third-order valence-corrected chi connectivity index (χ3v) is 4.25. The van der Waals surface area contributed by atoms with Crippen molar-refractivity contribution in [2.45, 2.75) is 33.7 Å². The van der Waals surface area contributed by atoms with Gasteiger partial charge in [0.25, 0.3) is 5.91 Å². The van der Waals surface area contributed by atoms with E-state index in [1.165, 1.54) is 0 Å². The van der Waals surface area contributed by atoms with E-state index in [2.05, 4.69) is 16.0 Å². The number of benzene rings is 2. The molecule has 7 heteroatoms. The Morgan fingerprint density at radius 3 is 2.46 bits per heavy atom. The van der Waals surface area contributed by atoms with Gasteiger partial charge in [-0.1, -0.05) is 50.6 Å². The Kier molecular flexibility index (Phi) is 10.0. The van der Waals surface area contributed by atoms with Gasteiger partial charge in [0.2, 0.25) is 5.91 Å². The molecule has 2 aromatic carbocycles. The number of hydrogen-bond donors (Lipinski definition) is 3. The van der Waals surface area contributed by atoms with Crippen LogP contribution in [0.3, 0.4) is 0 Å². The number of halogens is 2. The van der Waals surface area contributed by atoms with Crippen LogP contribution in [0.25, 0.3) is 0 Å². The molecule has 0 heterocycles. The van der Waals surface area contributed by atoms with Crippen molar-refractivity contribution in [1.29, 1.82) is 0 Å². The highest BCUT2D eigenvalue weighted by molar-refractivity contribution is 6.34. The van der Waals surface area contributed by atoms with E-state index in [-0.39, 0.29) is 30.1 Å². The Morgan fingerprint density at radius 1 is 1.07 bits per heavy atom. The van der Waals surface area contributed by atoms with E-state index in [0.29, 0.717) is 29.2 Å². The number of nitrogens with one attached hydrogen (secondary N) is 3. The summed E-state index contributed by atoms with van der Waals surface area (Å²) >= 11 is 6.22. The van der Waals surface area contributed by atoms with Crippen LogP contribution in [-0.2, 0) is 11.3 Å². The highest BCUT2D eigenvalue weighted by Gasteiger charge is 2.14. The van der Waals surface area contributed by atoms with Gasteiger partial charge < -0.3 is 16.0 Å². The summed E-state index contributed by atoms with van der Waals surface area (Å²) in [5.74, 6) is -0.146. The second-order valence-corrected chi connectivity index (χ2v) is 7.14. The van der Waals surface area contributed by atoms with Crippen LogP contribution in [0, 0.1) is 5.92 Å². The zero-order valence-electron chi connectivity index (χ0n) is 16.3. The Morgan fingerprint density at radius 2 is 1.79 bits per heavy atom. The van der Waals surface area contributed by atoms with Crippen LogP contribution in [-0.4, -0.2) is 18.4 Å². The third-order valence-electron chi connectivity index (χ3n) is 3.92. The Balaban J connectivity index is 0.00000392. The van der Waals surface area contributed by atoms with Gasteiger partial charge in [0.05, 0.1) is 10.6 Å². The summed E-state index contributed by atoms with van der Waals surface area (Å²) in [6, 6.07) is 12.5. The molecule has 0 aliphatic rings. The molecule has 28 heavy (non-hydrogen) atoms. The van der Waals surface area contributed by atoms with Crippen LogP contribution in [0.2, 0.25) is 5.02 Å². The molecule has 0 saturated heterocycles. The third kappa shape index (κ3) is 7.15. The first-order chi connectivity index (χ1) is 12.9. The SMILES string of the molecule is CCNCc1ccccc1NC(=O)c1cc(NC(=O)CC(C)C)ccc1Cl.Cl. The number of amides is 2. The lowest BCUT2D eigenvalue weighted by Crippen LogP contribution is -2.18. The topological polar surface area (TPSA) is 70.2 Å². The van der Waals surface area contributed by atoms with Crippen molar-refractivity contribution in [2.24, 2.45) is 5.92 Å². The maximum Gasteiger partial charge on any atom is 0.257 e. The largest absolute Gasteiger partial charge is 0.326 e. The van der Waals surface area contributed by atoms with Gasteiger partial charge in [-0.25, -0.2) is 0 Å². The predicted octanol–water partition coefficient (Wildman–Crippen LogP) is 5.11. The fourth-order valence-electron chi connectivity index (χ4n) is 2.61. The van der Waals surface area contributed by atoms with Crippen LogP contribution in [0.5, 0.6) is 0 Å².